The minimum atomic E-state index is -0.535. The predicted octanol–water partition coefficient (Wildman–Crippen LogP) is 0.438. The lowest BCUT2D eigenvalue weighted by molar-refractivity contribution is -0.391. The van der Waals surface area contributed by atoms with E-state index in [1.165, 1.54) is 12.3 Å². The van der Waals surface area contributed by atoms with Gasteiger partial charge in [0.1, 0.15) is 6.20 Å². The highest BCUT2D eigenvalue weighted by atomic mass is 16.6. The van der Waals surface area contributed by atoms with Crippen LogP contribution in [0.5, 0.6) is 0 Å². The van der Waals surface area contributed by atoms with Crippen molar-refractivity contribution in [2.75, 3.05) is 0 Å². The largest absolute Gasteiger partial charge is 0.368 e. The van der Waals surface area contributed by atoms with Crippen LogP contribution in [-0.4, -0.2) is 19.5 Å². The summed E-state index contributed by atoms with van der Waals surface area (Å²) in [6.07, 6.45) is 2.51. The second kappa shape index (κ2) is 2.26. The van der Waals surface area contributed by atoms with Crippen molar-refractivity contribution in [2.45, 2.75) is 0 Å². The summed E-state index contributed by atoms with van der Waals surface area (Å²) < 4.78 is 1.15. The first kappa shape index (κ1) is 6.71. The third-order valence-corrected chi connectivity index (χ3v) is 1.39. The fourth-order valence-electron chi connectivity index (χ4n) is 0.895. The lowest BCUT2D eigenvalue weighted by atomic mass is 10.6. The van der Waals surface area contributed by atoms with Gasteiger partial charge in [0.15, 0.2) is 0 Å². The molecule has 0 N–H and O–H groups in total. The van der Waals surface area contributed by atoms with Crippen molar-refractivity contribution in [1.29, 1.82) is 0 Å². The molecule has 0 amide bonds. The number of fused-ring (bicyclic) bond motifs is 1. The maximum atomic E-state index is 10.4. The van der Waals surface area contributed by atoms with Gasteiger partial charge in [-0.25, -0.2) is 4.98 Å². The van der Waals surface area contributed by atoms with Gasteiger partial charge in [-0.05, 0) is 4.92 Å². The van der Waals surface area contributed by atoms with E-state index in [9.17, 15) is 10.1 Å². The van der Waals surface area contributed by atoms with E-state index < -0.39 is 4.92 Å². The number of nitro groups is 1. The van der Waals surface area contributed by atoms with Gasteiger partial charge in [0, 0.05) is 12.1 Å². The predicted molar refractivity (Wildman–Crippen MR) is 38.5 cm³/mol. The SMILES string of the molecule is O=[N+]([O-])c1cnc2c[c]cnn12. The zero-order chi connectivity index (χ0) is 8.55. The van der Waals surface area contributed by atoms with E-state index in [-0.39, 0.29) is 5.82 Å². The molecule has 0 saturated carbocycles. The lowest BCUT2D eigenvalue weighted by Gasteiger charge is -1.88. The number of aromatic nitrogens is 3. The molecule has 6 nitrogen and oxygen atoms in total. The van der Waals surface area contributed by atoms with Crippen LogP contribution in [0.3, 0.4) is 0 Å². The van der Waals surface area contributed by atoms with Crippen molar-refractivity contribution >= 4 is 11.5 Å². The standard InChI is InChI=1S/C6H3N4O2/c11-10(12)6-4-7-5-2-1-3-8-9(5)6/h2-4H. The number of nitrogens with zero attached hydrogens (tertiary/aromatic N) is 4. The Morgan fingerprint density at radius 2 is 2.50 bits per heavy atom. The molecule has 2 heterocycles. The van der Waals surface area contributed by atoms with E-state index in [1.807, 2.05) is 0 Å². The van der Waals surface area contributed by atoms with Crippen LogP contribution in [-0.2, 0) is 0 Å². The summed E-state index contributed by atoms with van der Waals surface area (Å²) in [6.45, 7) is 0. The van der Waals surface area contributed by atoms with Gasteiger partial charge in [-0.1, -0.05) is 9.61 Å². The van der Waals surface area contributed by atoms with Crippen molar-refractivity contribution in [3.05, 3.63) is 34.6 Å². The van der Waals surface area contributed by atoms with E-state index in [2.05, 4.69) is 16.1 Å². The van der Waals surface area contributed by atoms with Crippen LogP contribution < -0.4 is 0 Å². The third-order valence-electron chi connectivity index (χ3n) is 1.39. The molecule has 1 radical (unpaired) electrons. The lowest BCUT2D eigenvalue weighted by Crippen LogP contribution is -1.96. The van der Waals surface area contributed by atoms with Gasteiger partial charge in [0.25, 0.3) is 0 Å². The molecule has 0 fully saturated rings. The minimum absolute atomic E-state index is 0.140. The third kappa shape index (κ3) is 0.815. The molecule has 2 aromatic heterocycles. The average molecular weight is 163 g/mol. The molecule has 0 spiro atoms. The molecular formula is C6H3N4O2. The van der Waals surface area contributed by atoms with Gasteiger partial charge in [-0.2, -0.15) is 0 Å². The molecule has 0 bridgehead atoms. The first-order valence-electron chi connectivity index (χ1n) is 3.13. The maximum absolute atomic E-state index is 10.4. The summed E-state index contributed by atoms with van der Waals surface area (Å²) >= 11 is 0. The van der Waals surface area contributed by atoms with Crippen LogP contribution in [0.15, 0.2) is 18.5 Å². The summed E-state index contributed by atoms with van der Waals surface area (Å²) in [5.41, 5.74) is 0.421. The van der Waals surface area contributed by atoms with Crippen LogP contribution in [0.4, 0.5) is 5.82 Å². The molecule has 12 heavy (non-hydrogen) atoms. The second-order valence-electron chi connectivity index (χ2n) is 2.10. The Balaban J connectivity index is 2.79. The molecule has 0 atom stereocenters. The number of imidazole rings is 1. The highest BCUT2D eigenvalue weighted by Crippen LogP contribution is 2.10. The Morgan fingerprint density at radius 3 is 3.25 bits per heavy atom. The zero-order valence-electron chi connectivity index (χ0n) is 5.84. The van der Waals surface area contributed by atoms with Crippen molar-refractivity contribution in [3.63, 3.8) is 0 Å². The molecule has 0 saturated heterocycles. The number of hydrogen-bond acceptors (Lipinski definition) is 4. The van der Waals surface area contributed by atoms with E-state index in [4.69, 9.17) is 0 Å². The summed E-state index contributed by atoms with van der Waals surface area (Å²) in [6, 6.07) is 4.20. The second-order valence-corrected chi connectivity index (χ2v) is 2.10. The maximum Gasteiger partial charge on any atom is 0.368 e. The number of rotatable bonds is 1. The van der Waals surface area contributed by atoms with E-state index in [0.717, 1.165) is 10.7 Å². The molecule has 0 aromatic carbocycles. The Kier molecular flexibility index (Phi) is 1.26. The Labute approximate surface area is 66.6 Å². The Hall–Kier alpha value is -1.98. The van der Waals surface area contributed by atoms with Crippen molar-refractivity contribution in [1.82, 2.24) is 14.6 Å². The van der Waals surface area contributed by atoms with Gasteiger partial charge in [0.2, 0.25) is 5.65 Å². The fourth-order valence-corrected chi connectivity index (χ4v) is 0.895. The quantitative estimate of drug-likeness (QED) is 0.451. The summed E-state index contributed by atoms with van der Waals surface area (Å²) in [7, 11) is 0. The van der Waals surface area contributed by atoms with Crippen LogP contribution in [0, 0.1) is 16.2 Å². The number of hydrogen-bond donors (Lipinski definition) is 0. The molecule has 2 rings (SSSR count). The van der Waals surface area contributed by atoms with Crippen LogP contribution in [0.2, 0.25) is 0 Å². The molecule has 2 aromatic rings. The zero-order valence-corrected chi connectivity index (χ0v) is 5.84. The van der Waals surface area contributed by atoms with Gasteiger partial charge in [0.05, 0.1) is 6.20 Å². The first-order chi connectivity index (χ1) is 5.79. The molecule has 0 aliphatic rings. The Morgan fingerprint density at radius 1 is 1.67 bits per heavy atom. The van der Waals surface area contributed by atoms with E-state index in [1.54, 1.807) is 0 Å². The average Bonchev–Trinajstić information content (AvgIpc) is 2.47. The molecule has 59 valence electrons. The minimum Gasteiger partial charge on any atom is -0.358 e. The van der Waals surface area contributed by atoms with Crippen LogP contribution >= 0.6 is 0 Å². The van der Waals surface area contributed by atoms with Gasteiger partial charge < -0.3 is 10.1 Å². The van der Waals surface area contributed by atoms with Gasteiger partial charge in [-0.15, -0.1) is 0 Å². The summed E-state index contributed by atoms with van der Waals surface area (Å²) in [5, 5.41) is 14.1. The molecule has 0 aliphatic heterocycles. The van der Waals surface area contributed by atoms with Crippen molar-refractivity contribution < 1.29 is 4.92 Å². The highest BCUT2D eigenvalue weighted by molar-refractivity contribution is 5.41. The molecular weight excluding hydrogens is 160 g/mol. The van der Waals surface area contributed by atoms with Crippen LogP contribution in [0.1, 0.15) is 0 Å². The van der Waals surface area contributed by atoms with Crippen LogP contribution in [0.25, 0.3) is 5.65 Å². The highest BCUT2D eigenvalue weighted by Gasteiger charge is 2.13. The smallest absolute Gasteiger partial charge is 0.358 e. The monoisotopic (exact) mass is 163 g/mol. The summed E-state index contributed by atoms with van der Waals surface area (Å²) in [5.74, 6) is -0.140. The molecule has 0 unspecified atom stereocenters. The molecule has 6 heteroatoms. The Bertz CT molecular complexity index is 436. The van der Waals surface area contributed by atoms with Crippen molar-refractivity contribution in [2.24, 2.45) is 0 Å². The normalized spacial score (nSPS) is 10.3. The van der Waals surface area contributed by atoms with E-state index >= 15 is 0 Å². The summed E-state index contributed by atoms with van der Waals surface area (Å²) in [4.78, 5) is 13.6. The molecule has 0 aliphatic carbocycles. The fraction of sp³-hybridized carbons (Fsp3) is 0. The van der Waals surface area contributed by atoms with Crippen molar-refractivity contribution in [3.8, 4) is 0 Å². The topological polar surface area (TPSA) is 73.3 Å². The van der Waals surface area contributed by atoms with Gasteiger partial charge in [-0.3, -0.25) is 0 Å². The van der Waals surface area contributed by atoms with Gasteiger partial charge >= 0.3 is 5.82 Å². The van der Waals surface area contributed by atoms with E-state index in [0.29, 0.717) is 5.65 Å². The first-order valence-corrected chi connectivity index (χ1v) is 3.13.